The molecule has 0 N–H and O–H groups in total. The molecule has 0 atom stereocenters. The van der Waals surface area contributed by atoms with Crippen LogP contribution in [0, 0.1) is 0 Å². The average Bonchev–Trinajstić information content (AvgIpc) is 3.28. The first-order valence-electron chi connectivity index (χ1n) is 9.43. The van der Waals surface area contributed by atoms with E-state index in [1.54, 1.807) is 9.80 Å². The van der Waals surface area contributed by atoms with Gasteiger partial charge in [0.2, 0.25) is 12.7 Å². The van der Waals surface area contributed by atoms with Crippen LogP contribution in [0.4, 0.5) is 10.5 Å². The first kappa shape index (κ1) is 17.9. The minimum absolute atomic E-state index is 0.00504. The smallest absolute Gasteiger partial charge is 0.325 e. The Morgan fingerprint density at radius 1 is 1.15 bits per heavy atom. The fraction of sp³-hybridized carbons (Fsp3) is 0.579. The highest BCUT2D eigenvalue weighted by molar-refractivity contribution is 5.96. The van der Waals surface area contributed by atoms with Crippen LogP contribution in [-0.4, -0.2) is 86.3 Å². The highest BCUT2D eigenvalue weighted by atomic mass is 16.7. The Labute approximate surface area is 159 Å². The number of benzene rings is 1. The number of likely N-dealkylation sites (tertiary alicyclic amines) is 1. The van der Waals surface area contributed by atoms with E-state index in [9.17, 15) is 9.59 Å². The molecule has 3 heterocycles. The van der Waals surface area contributed by atoms with Crippen molar-refractivity contribution in [3.8, 4) is 11.5 Å². The maximum atomic E-state index is 12.8. The van der Waals surface area contributed by atoms with Gasteiger partial charge in [0.1, 0.15) is 6.54 Å². The SMILES string of the molecule is CN1CCC(N(C)C(=O)CN2CCN(c3ccc4c(c3)OCO4)C2=O)CC1. The molecule has 2 fully saturated rings. The van der Waals surface area contributed by atoms with Gasteiger partial charge in [-0.25, -0.2) is 4.79 Å². The zero-order valence-corrected chi connectivity index (χ0v) is 15.9. The fourth-order valence-electron chi connectivity index (χ4n) is 3.88. The molecule has 8 nitrogen and oxygen atoms in total. The van der Waals surface area contributed by atoms with Crippen molar-refractivity contribution in [1.29, 1.82) is 0 Å². The Bertz CT molecular complexity index is 732. The second-order valence-corrected chi connectivity index (χ2v) is 7.43. The largest absolute Gasteiger partial charge is 0.454 e. The quantitative estimate of drug-likeness (QED) is 0.793. The summed E-state index contributed by atoms with van der Waals surface area (Å²) >= 11 is 0. The van der Waals surface area contributed by atoms with Gasteiger partial charge >= 0.3 is 6.03 Å². The number of likely N-dealkylation sites (N-methyl/N-ethyl adjacent to an activating group) is 1. The Morgan fingerprint density at radius 2 is 1.89 bits per heavy atom. The van der Waals surface area contributed by atoms with Crippen LogP contribution in [0.5, 0.6) is 11.5 Å². The number of fused-ring (bicyclic) bond motifs is 1. The molecule has 1 aromatic carbocycles. The summed E-state index contributed by atoms with van der Waals surface area (Å²) in [5, 5.41) is 0. The summed E-state index contributed by atoms with van der Waals surface area (Å²) in [7, 11) is 3.96. The number of urea groups is 1. The Morgan fingerprint density at radius 3 is 2.67 bits per heavy atom. The third kappa shape index (κ3) is 3.53. The molecule has 0 radical (unpaired) electrons. The normalized spacial score (nSPS) is 20.4. The zero-order chi connectivity index (χ0) is 19.0. The van der Waals surface area contributed by atoms with E-state index in [0.29, 0.717) is 24.6 Å². The Hall–Kier alpha value is -2.48. The predicted molar refractivity (Wildman–Crippen MR) is 100 cm³/mol. The minimum atomic E-state index is -0.140. The molecule has 0 unspecified atom stereocenters. The number of anilines is 1. The van der Waals surface area contributed by atoms with Gasteiger partial charge in [-0.05, 0) is 45.1 Å². The van der Waals surface area contributed by atoms with Crippen molar-refractivity contribution in [2.45, 2.75) is 18.9 Å². The Kier molecular flexibility index (Phi) is 4.82. The van der Waals surface area contributed by atoms with Gasteiger partial charge in [0.05, 0.1) is 0 Å². The number of rotatable bonds is 4. The lowest BCUT2D eigenvalue weighted by Crippen LogP contribution is -2.48. The van der Waals surface area contributed by atoms with E-state index in [2.05, 4.69) is 11.9 Å². The second kappa shape index (κ2) is 7.26. The lowest BCUT2D eigenvalue weighted by Gasteiger charge is -2.35. The molecule has 2 saturated heterocycles. The van der Waals surface area contributed by atoms with Gasteiger partial charge in [0, 0.05) is 37.9 Å². The average molecular weight is 374 g/mol. The van der Waals surface area contributed by atoms with Gasteiger partial charge in [-0.3, -0.25) is 9.69 Å². The number of nitrogens with zero attached hydrogens (tertiary/aromatic N) is 4. The van der Waals surface area contributed by atoms with Crippen molar-refractivity contribution in [2.24, 2.45) is 0 Å². The molecule has 146 valence electrons. The standard InChI is InChI=1S/C19H26N4O4/c1-20-7-5-14(6-8-20)21(2)18(24)12-22-9-10-23(19(22)25)15-3-4-16-17(11-15)27-13-26-16/h3-4,11,14H,5-10,12-13H2,1-2H3. The van der Waals surface area contributed by atoms with E-state index in [0.717, 1.165) is 31.6 Å². The first-order chi connectivity index (χ1) is 13.0. The van der Waals surface area contributed by atoms with Gasteiger partial charge < -0.3 is 24.2 Å². The monoisotopic (exact) mass is 374 g/mol. The lowest BCUT2D eigenvalue weighted by molar-refractivity contribution is -0.133. The molecule has 0 aromatic heterocycles. The summed E-state index contributed by atoms with van der Waals surface area (Å²) in [5.74, 6) is 1.35. The number of amides is 3. The Balaban J connectivity index is 1.36. The molecule has 8 heteroatoms. The number of hydrogen-bond donors (Lipinski definition) is 0. The maximum absolute atomic E-state index is 12.8. The summed E-state index contributed by atoms with van der Waals surface area (Å²) in [5.41, 5.74) is 0.767. The number of hydrogen-bond acceptors (Lipinski definition) is 5. The van der Waals surface area contributed by atoms with Crippen molar-refractivity contribution >= 4 is 17.6 Å². The molecule has 0 saturated carbocycles. The van der Waals surface area contributed by atoms with E-state index in [-0.39, 0.29) is 31.3 Å². The molecule has 0 bridgehead atoms. The maximum Gasteiger partial charge on any atom is 0.325 e. The van der Waals surface area contributed by atoms with Crippen LogP contribution in [0.3, 0.4) is 0 Å². The van der Waals surface area contributed by atoms with Crippen LogP contribution in [0.15, 0.2) is 18.2 Å². The third-order valence-corrected chi connectivity index (χ3v) is 5.72. The molecule has 0 spiro atoms. The van der Waals surface area contributed by atoms with Crippen LogP contribution < -0.4 is 14.4 Å². The van der Waals surface area contributed by atoms with Crippen molar-refractivity contribution in [1.82, 2.24) is 14.7 Å². The van der Waals surface area contributed by atoms with Crippen LogP contribution in [0.2, 0.25) is 0 Å². The zero-order valence-electron chi connectivity index (χ0n) is 15.9. The molecule has 3 aliphatic heterocycles. The molecule has 3 aliphatic rings. The molecular weight excluding hydrogens is 348 g/mol. The van der Waals surface area contributed by atoms with Gasteiger partial charge in [-0.2, -0.15) is 0 Å². The van der Waals surface area contributed by atoms with E-state index in [1.165, 1.54) is 0 Å². The highest BCUT2D eigenvalue weighted by Gasteiger charge is 2.33. The lowest BCUT2D eigenvalue weighted by atomic mass is 10.0. The van der Waals surface area contributed by atoms with E-state index >= 15 is 0 Å². The predicted octanol–water partition coefficient (Wildman–Crippen LogP) is 1.21. The van der Waals surface area contributed by atoms with E-state index in [4.69, 9.17) is 9.47 Å². The van der Waals surface area contributed by atoms with Crippen LogP contribution in [0.1, 0.15) is 12.8 Å². The van der Waals surface area contributed by atoms with Crippen LogP contribution in [-0.2, 0) is 4.79 Å². The molecule has 1 aromatic rings. The van der Waals surface area contributed by atoms with Crippen molar-refractivity contribution in [3.63, 3.8) is 0 Å². The molecule has 3 amide bonds. The summed E-state index contributed by atoms with van der Waals surface area (Å²) in [6.45, 7) is 3.44. The second-order valence-electron chi connectivity index (χ2n) is 7.43. The van der Waals surface area contributed by atoms with Gasteiger partial charge in [0.15, 0.2) is 11.5 Å². The van der Waals surface area contributed by atoms with Gasteiger partial charge in [-0.1, -0.05) is 0 Å². The third-order valence-electron chi connectivity index (χ3n) is 5.72. The number of piperidine rings is 1. The molecule has 0 aliphatic carbocycles. The topological polar surface area (TPSA) is 65.6 Å². The highest BCUT2D eigenvalue weighted by Crippen LogP contribution is 2.36. The van der Waals surface area contributed by atoms with Crippen LogP contribution in [0.25, 0.3) is 0 Å². The van der Waals surface area contributed by atoms with Crippen LogP contribution >= 0.6 is 0 Å². The molecular formula is C19H26N4O4. The number of ether oxygens (including phenoxy) is 2. The summed E-state index contributed by atoms with van der Waals surface area (Å²) in [6.07, 6.45) is 1.96. The van der Waals surface area contributed by atoms with Crippen molar-refractivity contribution < 1.29 is 19.1 Å². The minimum Gasteiger partial charge on any atom is -0.454 e. The summed E-state index contributed by atoms with van der Waals surface area (Å²) < 4.78 is 10.7. The first-order valence-corrected chi connectivity index (χ1v) is 9.43. The fourth-order valence-corrected chi connectivity index (χ4v) is 3.88. The van der Waals surface area contributed by atoms with E-state index < -0.39 is 0 Å². The molecule has 4 rings (SSSR count). The summed E-state index contributed by atoms with van der Waals surface area (Å²) in [6, 6.07) is 5.60. The van der Waals surface area contributed by atoms with Crippen molar-refractivity contribution in [2.75, 3.05) is 58.5 Å². The van der Waals surface area contributed by atoms with Crippen molar-refractivity contribution in [3.05, 3.63) is 18.2 Å². The summed E-state index contributed by atoms with van der Waals surface area (Å²) in [4.78, 5) is 32.9. The number of carbonyl (C=O) groups excluding carboxylic acids is 2. The molecule has 27 heavy (non-hydrogen) atoms. The van der Waals surface area contributed by atoms with Gasteiger partial charge in [0.25, 0.3) is 0 Å². The van der Waals surface area contributed by atoms with E-state index in [1.807, 2.05) is 30.1 Å². The number of carbonyl (C=O) groups is 2. The van der Waals surface area contributed by atoms with Gasteiger partial charge in [-0.15, -0.1) is 0 Å².